The summed E-state index contributed by atoms with van der Waals surface area (Å²) < 4.78 is 37.1. The van der Waals surface area contributed by atoms with Crippen molar-refractivity contribution < 1.29 is 18.0 Å². The molecule has 0 aliphatic heterocycles. The summed E-state index contributed by atoms with van der Waals surface area (Å²) in [5.41, 5.74) is 2.91. The Bertz CT molecular complexity index is 662. The summed E-state index contributed by atoms with van der Waals surface area (Å²) in [6, 6.07) is 3.60. The van der Waals surface area contributed by atoms with Gasteiger partial charge in [0.2, 0.25) is 0 Å². The molecule has 1 aliphatic carbocycles. The van der Waals surface area contributed by atoms with E-state index in [0.717, 1.165) is 28.9 Å². The summed E-state index contributed by atoms with van der Waals surface area (Å²) in [5, 5.41) is 0. The predicted molar refractivity (Wildman–Crippen MR) is 98.3 cm³/mol. The van der Waals surface area contributed by atoms with Gasteiger partial charge in [0.25, 0.3) is 0 Å². The van der Waals surface area contributed by atoms with Gasteiger partial charge in [-0.3, -0.25) is 4.79 Å². The molecule has 144 valence electrons. The molecule has 0 amide bonds. The number of carbonyl (C=O) groups excluding carboxylic acids is 1. The van der Waals surface area contributed by atoms with E-state index < -0.39 is 12.7 Å². The van der Waals surface area contributed by atoms with Gasteiger partial charge in [-0.2, -0.15) is 13.2 Å². The van der Waals surface area contributed by atoms with Gasteiger partial charge >= 0.3 is 6.18 Å². The maximum Gasteiger partial charge on any atom is 0.405 e. The topological polar surface area (TPSA) is 32.7 Å². The lowest BCUT2D eigenvalue weighted by Crippen LogP contribution is -2.29. The van der Waals surface area contributed by atoms with Crippen LogP contribution in [0.1, 0.15) is 60.0 Å². The molecule has 0 aromatic heterocycles. The maximum absolute atomic E-state index is 12.6. The number of ketones is 1. The zero-order valence-corrected chi connectivity index (χ0v) is 15.7. The number of aryl methyl sites for hydroxylation is 2. The molecule has 1 aliphatic rings. The third-order valence-corrected chi connectivity index (χ3v) is 4.86. The smallest absolute Gasteiger partial charge is 0.357 e. The molecule has 1 fully saturated rings. The van der Waals surface area contributed by atoms with Gasteiger partial charge in [-0.15, -0.1) is 0 Å². The standard InChI is InChI=1S/C20H27F3N2O/c1-14-10-18(24-13-25(3)12-20(21,22)23)15(2)9-17(14)19(26)11-16-7-5-4-6-8-16/h9-10,13,16H,4-8,11-12H2,1-3H3. The third-order valence-electron chi connectivity index (χ3n) is 4.86. The van der Waals surface area contributed by atoms with Crippen molar-refractivity contribution in [3.8, 4) is 0 Å². The fraction of sp³-hybridized carbons (Fsp3) is 0.600. The highest BCUT2D eigenvalue weighted by molar-refractivity contribution is 5.98. The molecule has 0 heterocycles. The van der Waals surface area contributed by atoms with Crippen LogP contribution in [0.25, 0.3) is 0 Å². The summed E-state index contributed by atoms with van der Waals surface area (Å²) in [6.07, 6.45) is 3.41. The third kappa shape index (κ3) is 6.15. The average molecular weight is 368 g/mol. The van der Waals surface area contributed by atoms with E-state index in [0.29, 0.717) is 23.6 Å². The van der Waals surface area contributed by atoms with Crippen LogP contribution in [0.3, 0.4) is 0 Å². The Kier molecular flexibility index (Phi) is 6.84. The SMILES string of the molecule is Cc1cc(C(=O)CC2CCCCC2)c(C)cc1N=CN(C)CC(F)(F)F. The zero-order chi connectivity index (χ0) is 19.3. The summed E-state index contributed by atoms with van der Waals surface area (Å²) >= 11 is 0. The van der Waals surface area contributed by atoms with Crippen molar-refractivity contribution >= 4 is 17.8 Å². The number of rotatable bonds is 6. The van der Waals surface area contributed by atoms with Crippen LogP contribution in [0.5, 0.6) is 0 Å². The number of aliphatic imine (C=N–C) groups is 1. The van der Waals surface area contributed by atoms with Crippen LogP contribution in [-0.2, 0) is 0 Å². The van der Waals surface area contributed by atoms with Crippen LogP contribution in [0.15, 0.2) is 17.1 Å². The van der Waals surface area contributed by atoms with Gasteiger partial charge < -0.3 is 4.90 Å². The number of hydrogen-bond acceptors (Lipinski definition) is 2. The van der Waals surface area contributed by atoms with Crippen molar-refractivity contribution in [3.05, 3.63) is 28.8 Å². The highest BCUT2D eigenvalue weighted by Gasteiger charge is 2.28. The van der Waals surface area contributed by atoms with E-state index in [-0.39, 0.29) is 5.78 Å². The first-order valence-electron chi connectivity index (χ1n) is 9.11. The highest BCUT2D eigenvalue weighted by atomic mass is 19.4. The van der Waals surface area contributed by atoms with E-state index in [2.05, 4.69) is 4.99 Å². The molecule has 1 aromatic rings. The Labute approximate surface area is 153 Å². The molecule has 26 heavy (non-hydrogen) atoms. The van der Waals surface area contributed by atoms with Crippen LogP contribution in [0, 0.1) is 19.8 Å². The minimum absolute atomic E-state index is 0.155. The largest absolute Gasteiger partial charge is 0.405 e. The lowest BCUT2D eigenvalue weighted by atomic mass is 9.84. The lowest BCUT2D eigenvalue weighted by molar-refractivity contribution is -0.135. The van der Waals surface area contributed by atoms with Gasteiger partial charge in [-0.05, 0) is 43.0 Å². The Morgan fingerprint density at radius 3 is 2.46 bits per heavy atom. The maximum atomic E-state index is 12.6. The highest BCUT2D eigenvalue weighted by Crippen LogP contribution is 2.30. The fourth-order valence-corrected chi connectivity index (χ4v) is 3.49. The van der Waals surface area contributed by atoms with E-state index >= 15 is 0 Å². The van der Waals surface area contributed by atoms with Gasteiger partial charge in [0, 0.05) is 19.0 Å². The number of nitrogens with zero attached hydrogens (tertiary/aromatic N) is 2. The van der Waals surface area contributed by atoms with Crippen molar-refractivity contribution in [3.63, 3.8) is 0 Å². The van der Waals surface area contributed by atoms with E-state index in [9.17, 15) is 18.0 Å². The molecular formula is C20H27F3N2O. The zero-order valence-electron chi connectivity index (χ0n) is 15.7. The first kappa shape index (κ1) is 20.5. The predicted octanol–water partition coefficient (Wildman–Crippen LogP) is 5.61. The number of halogens is 3. The first-order chi connectivity index (χ1) is 12.2. The molecule has 6 heteroatoms. The van der Waals surface area contributed by atoms with E-state index in [1.807, 2.05) is 19.9 Å². The first-order valence-corrected chi connectivity index (χ1v) is 9.11. The van der Waals surface area contributed by atoms with Gasteiger partial charge in [0.05, 0.1) is 12.0 Å². The molecule has 0 radical (unpaired) electrons. The molecule has 1 saturated carbocycles. The summed E-state index contributed by atoms with van der Waals surface area (Å²) in [5.74, 6) is 0.631. The Balaban J connectivity index is 2.08. The fourth-order valence-electron chi connectivity index (χ4n) is 3.49. The van der Waals surface area contributed by atoms with Gasteiger partial charge in [-0.25, -0.2) is 4.99 Å². The van der Waals surface area contributed by atoms with Gasteiger partial charge in [0.1, 0.15) is 6.54 Å². The molecule has 1 aromatic carbocycles. The summed E-state index contributed by atoms with van der Waals surface area (Å²) in [6.45, 7) is 2.63. The van der Waals surface area contributed by atoms with E-state index in [1.54, 1.807) is 6.07 Å². The monoisotopic (exact) mass is 368 g/mol. The Morgan fingerprint density at radius 1 is 1.19 bits per heavy atom. The summed E-state index contributed by atoms with van der Waals surface area (Å²) in [7, 11) is 1.33. The van der Waals surface area contributed by atoms with Crippen molar-refractivity contribution in [2.45, 2.75) is 58.5 Å². The molecule has 0 saturated heterocycles. The normalized spacial score (nSPS) is 16.2. The number of benzene rings is 1. The van der Waals surface area contributed by atoms with Crippen LogP contribution in [0.2, 0.25) is 0 Å². The van der Waals surface area contributed by atoms with Gasteiger partial charge in [-0.1, -0.05) is 32.1 Å². The van der Waals surface area contributed by atoms with Crippen molar-refractivity contribution in [2.24, 2.45) is 10.9 Å². The lowest BCUT2D eigenvalue weighted by Gasteiger charge is -2.21. The molecule has 0 N–H and O–H groups in total. The van der Waals surface area contributed by atoms with Crippen LogP contribution >= 0.6 is 0 Å². The van der Waals surface area contributed by atoms with Crippen LogP contribution in [0.4, 0.5) is 18.9 Å². The molecule has 0 bridgehead atoms. The molecule has 3 nitrogen and oxygen atoms in total. The van der Waals surface area contributed by atoms with Crippen molar-refractivity contribution in [2.75, 3.05) is 13.6 Å². The van der Waals surface area contributed by atoms with Crippen LogP contribution < -0.4 is 0 Å². The molecule has 2 rings (SSSR count). The quantitative estimate of drug-likeness (QED) is 0.371. The van der Waals surface area contributed by atoms with Crippen LogP contribution in [-0.4, -0.2) is 36.8 Å². The Hall–Kier alpha value is -1.85. The molecular weight excluding hydrogens is 341 g/mol. The van der Waals surface area contributed by atoms with Gasteiger partial charge in [0.15, 0.2) is 5.78 Å². The second-order valence-electron chi connectivity index (χ2n) is 7.36. The van der Waals surface area contributed by atoms with Crippen molar-refractivity contribution in [1.29, 1.82) is 0 Å². The Morgan fingerprint density at radius 2 is 1.85 bits per heavy atom. The number of hydrogen-bond donors (Lipinski definition) is 0. The molecule has 0 unspecified atom stereocenters. The molecule has 0 atom stereocenters. The average Bonchev–Trinajstić information content (AvgIpc) is 2.54. The van der Waals surface area contributed by atoms with E-state index in [4.69, 9.17) is 0 Å². The minimum atomic E-state index is -4.26. The summed E-state index contributed by atoms with van der Waals surface area (Å²) in [4.78, 5) is 17.8. The minimum Gasteiger partial charge on any atom is -0.357 e. The second-order valence-corrected chi connectivity index (χ2v) is 7.36. The number of Topliss-reactive ketones (excluding diaryl/α,β-unsaturated/α-hetero) is 1. The number of alkyl halides is 3. The molecule has 0 spiro atoms. The second kappa shape index (κ2) is 8.69. The van der Waals surface area contributed by atoms with E-state index in [1.165, 1.54) is 32.6 Å². The number of carbonyl (C=O) groups is 1. The van der Waals surface area contributed by atoms with Crippen molar-refractivity contribution in [1.82, 2.24) is 4.90 Å².